The molecule has 0 saturated heterocycles. The third kappa shape index (κ3) is 68.4. The molecule has 5 atom stereocenters. The number of carbonyl (C=O) groups excluding carboxylic acids is 4. The van der Waals surface area contributed by atoms with Crippen LogP contribution >= 0.6 is 15.6 Å². The maximum atomic E-state index is 13.1. The first-order valence-corrected chi connectivity index (χ1v) is 41.8. The van der Waals surface area contributed by atoms with Crippen LogP contribution in [0, 0.1) is 0 Å². The Hall–Kier alpha value is -1.94. The number of phosphoric acid groups is 2. The lowest BCUT2D eigenvalue weighted by atomic mass is 10.0. The van der Waals surface area contributed by atoms with Gasteiger partial charge in [0.05, 0.1) is 26.4 Å². The van der Waals surface area contributed by atoms with Crippen molar-refractivity contribution >= 4 is 39.5 Å². The summed E-state index contributed by atoms with van der Waals surface area (Å²) < 4.78 is 68.5. The molecule has 0 rings (SSSR count). The summed E-state index contributed by atoms with van der Waals surface area (Å²) in [5.41, 5.74) is 0. The van der Waals surface area contributed by atoms with E-state index in [0.717, 1.165) is 89.9 Å². The molecule has 0 aliphatic carbocycles. The molecular formula is C74H144O17P2. The molecule has 19 heteroatoms. The van der Waals surface area contributed by atoms with Crippen LogP contribution < -0.4 is 0 Å². The number of unbranched alkanes of at least 4 members (excludes halogenated alkanes) is 49. The maximum absolute atomic E-state index is 13.1. The number of hydrogen-bond donors (Lipinski definition) is 3. The van der Waals surface area contributed by atoms with E-state index in [-0.39, 0.29) is 25.7 Å². The van der Waals surface area contributed by atoms with Crippen LogP contribution in [0.25, 0.3) is 0 Å². The Kier molecular flexibility index (Phi) is 67.1. The summed E-state index contributed by atoms with van der Waals surface area (Å²) in [6, 6.07) is 0. The highest BCUT2D eigenvalue weighted by molar-refractivity contribution is 7.47. The lowest BCUT2D eigenvalue weighted by Crippen LogP contribution is -2.30. The van der Waals surface area contributed by atoms with Crippen molar-refractivity contribution in [3.05, 3.63) is 0 Å². The van der Waals surface area contributed by atoms with Gasteiger partial charge in [0.2, 0.25) is 0 Å². The van der Waals surface area contributed by atoms with Crippen LogP contribution in [0.4, 0.5) is 0 Å². The second kappa shape index (κ2) is 68.6. The zero-order chi connectivity index (χ0) is 68.2. The van der Waals surface area contributed by atoms with Crippen molar-refractivity contribution in [2.45, 2.75) is 412 Å². The van der Waals surface area contributed by atoms with Crippen LogP contribution in [0.5, 0.6) is 0 Å². The predicted octanol–water partition coefficient (Wildman–Crippen LogP) is 21.8. The number of aliphatic hydroxyl groups is 1. The van der Waals surface area contributed by atoms with Crippen molar-refractivity contribution in [3.8, 4) is 0 Å². The monoisotopic (exact) mass is 1370 g/mol. The van der Waals surface area contributed by atoms with Gasteiger partial charge in [0.1, 0.15) is 19.3 Å². The van der Waals surface area contributed by atoms with Crippen LogP contribution in [-0.2, 0) is 65.4 Å². The summed E-state index contributed by atoms with van der Waals surface area (Å²) >= 11 is 0. The highest BCUT2D eigenvalue weighted by Gasteiger charge is 2.30. The summed E-state index contributed by atoms with van der Waals surface area (Å²) in [7, 11) is -9.90. The Bertz CT molecular complexity index is 1770. The quantitative estimate of drug-likeness (QED) is 0.0222. The normalized spacial score (nSPS) is 13.9. The zero-order valence-electron chi connectivity index (χ0n) is 60.2. The van der Waals surface area contributed by atoms with E-state index < -0.39 is 97.5 Å². The van der Waals surface area contributed by atoms with Crippen molar-refractivity contribution in [2.75, 3.05) is 39.6 Å². The largest absolute Gasteiger partial charge is 0.472 e. The minimum Gasteiger partial charge on any atom is -0.462 e. The van der Waals surface area contributed by atoms with E-state index in [9.17, 15) is 43.2 Å². The van der Waals surface area contributed by atoms with Gasteiger partial charge in [-0.2, -0.15) is 0 Å². The predicted molar refractivity (Wildman–Crippen MR) is 377 cm³/mol. The minimum atomic E-state index is -4.95. The van der Waals surface area contributed by atoms with E-state index in [4.69, 9.17) is 37.0 Å². The average molecular weight is 1370 g/mol. The first kappa shape index (κ1) is 91.1. The molecule has 0 aliphatic rings. The number of hydrogen-bond acceptors (Lipinski definition) is 15. The molecule has 0 heterocycles. The third-order valence-corrected chi connectivity index (χ3v) is 19.3. The van der Waals surface area contributed by atoms with Crippen molar-refractivity contribution in [1.29, 1.82) is 0 Å². The Morgan fingerprint density at radius 1 is 0.258 bits per heavy atom. The van der Waals surface area contributed by atoms with Crippen LogP contribution in [0.2, 0.25) is 0 Å². The van der Waals surface area contributed by atoms with Crippen LogP contribution in [0.1, 0.15) is 394 Å². The highest BCUT2D eigenvalue weighted by Crippen LogP contribution is 2.45. The van der Waals surface area contributed by atoms with Gasteiger partial charge in [-0.25, -0.2) is 9.13 Å². The Morgan fingerprint density at radius 2 is 0.430 bits per heavy atom. The van der Waals surface area contributed by atoms with E-state index >= 15 is 0 Å². The summed E-state index contributed by atoms with van der Waals surface area (Å²) in [5, 5.41) is 10.6. The summed E-state index contributed by atoms with van der Waals surface area (Å²) in [6.45, 7) is 4.99. The number of ether oxygens (including phenoxy) is 4. The summed E-state index contributed by atoms with van der Waals surface area (Å²) in [5.74, 6) is -2.11. The van der Waals surface area contributed by atoms with Crippen molar-refractivity contribution in [1.82, 2.24) is 0 Å². The summed E-state index contributed by atoms with van der Waals surface area (Å²) in [4.78, 5) is 72.7. The van der Waals surface area contributed by atoms with Crippen LogP contribution in [0.3, 0.4) is 0 Å². The lowest BCUT2D eigenvalue weighted by molar-refractivity contribution is -0.161. The smallest absolute Gasteiger partial charge is 0.462 e. The number of rotatable bonds is 75. The standard InChI is InChI=1S/C74H144O17P2/c1-5-9-13-17-21-25-29-33-35-37-41-45-49-53-57-61-74(79)91-70(65-85-72(77)59-55-51-47-43-40-36-34-30-26-22-18-14-10-6-2)67-89-93(82,83)87-63-68(75)62-86-92(80,81)88-66-69(90-73(78)60-56-52-48-44-39-32-28-24-20-16-12-8-4)64-84-71(76)58-54-50-46-42-38-31-27-23-19-15-11-7-3/h68-70,75H,5-67H2,1-4H3,(H,80,81)(H,82,83)/t68-,69+,70+/m0/s1. The Morgan fingerprint density at radius 3 is 0.634 bits per heavy atom. The van der Waals surface area contributed by atoms with E-state index in [1.165, 1.54) is 225 Å². The molecule has 0 aliphatic heterocycles. The molecule has 0 aromatic rings. The number of aliphatic hydroxyl groups excluding tert-OH is 1. The fourth-order valence-corrected chi connectivity index (χ4v) is 13.0. The molecule has 0 radical (unpaired) electrons. The molecule has 93 heavy (non-hydrogen) atoms. The van der Waals surface area contributed by atoms with Gasteiger partial charge in [0.25, 0.3) is 0 Å². The van der Waals surface area contributed by atoms with Crippen molar-refractivity contribution in [3.63, 3.8) is 0 Å². The van der Waals surface area contributed by atoms with Gasteiger partial charge in [-0.3, -0.25) is 37.3 Å². The molecule has 0 spiro atoms. The first-order valence-electron chi connectivity index (χ1n) is 38.8. The molecule has 0 aromatic heterocycles. The van der Waals surface area contributed by atoms with E-state index in [1.54, 1.807) is 0 Å². The van der Waals surface area contributed by atoms with Gasteiger partial charge < -0.3 is 33.8 Å². The minimum absolute atomic E-state index is 0.108. The second-order valence-electron chi connectivity index (χ2n) is 26.7. The molecule has 0 bridgehead atoms. The van der Waals surface area contributed by atoms with Crippen LogP contribution in [0.15, 0.2) is 0 Å². The van der Waals surface area contributed by atoms with Crippen LogP contribution in [-0.4, -0.2) is 96.7 Å². The van der Waals surface area contributed by atoms with Gasteiger partial charge in [0.15, 0.2) is 12.2 Å². The molecular weight excluding hydrogens is 1220 g/mol. The molecule has 0 saturated carbocycles. The second-order valence-corrected chi connectivity index (χ2v) is 29.6. The fraction of sp³-hybridized carbons (Fsp3) is 0.946. The zero-order valence-corrected chi connectivity index (χ0v) is 62.0. The molecule has 3 N–H and O–H groups in total. The number of esters is 4. The summed E-state index contributed by atoms with van der Waals surface area (Å²) in [6.07, 6.45) is 58.0. The van der Waals surface area contributed by atoms with E-state index in [2.05, 4.69) is 27.7 Å². The SMILES string of the molecule is CCCCCCCCCCCCCCCCCC(=O)O[C@H](COC(=O)CCCCCCCCCCCCCCCC)COP(=O)(O)OC[C@@H](O)COP(=O)(O)OC[C@@H](COC(=O)CCCCCCCCCCCCCC)OC(=O)CCCCCCCCCCCCCC. The van der Waals surface area contributed by atoms with Gasteiger partial charge in [-0.05, 0) is 25.7 Å². The first-order chi connectivity index (χ1) is 45.2. The number of carbonyl (C=O) groups is 4. The Balaban J connectivity index is 5.25. The molecule has 0 amide bonds. The van der Waals surface area contributed by atoms with Gasteiger partial charge in [-0.15, -0.1) is 0 Å². The van der Waals surface area contributed by atoms with Gasteiger partial charge in [-0.1, -0.05) is 342 Å². The number of phosphoric ester groups is 2. The molecule has 0 fully saturated rings. The fourth-order valence-electron chi connectivity index (χ4n) is 11.4. The van der Waals surface area contributed by atoms with Gasteiger partial charge >= 0.3 is 39.5 Å². The van der Waals surface area contributed by atoms with Crippen molar-refractivity contribution in [2.24, 2.45) is 0 Å². The molecule has 17 nitrogen and oxygen atoms in total. The average Bonchev–Trinajstić information content (AvgIpc) is 3.60. The molecule has 552 valence electrons. The molecule has 0 aromatic carbocycles. The maximum Gasteiger partial charge on any atom is 0.472 e. The third-order valence-electron chi connectivity index (χ3n) is 17.4. The Labute approximate surface area is 568 Å². The van der Waals surface area contributed by atoms with E-state index in [0.29, 0.717) is 25.7 Å². The van der Waals surface area contributed by atoms with Crippen molar-refractivity contribution < 1.29 is 80.2 Å². The highest BCUT2D eigenvalue weighted by atomic mass is 31.2. The van der Waals surface area contributed by atoms with E-state index in [1.807, 2.05) is 0 Å². The lowest BCUT2D eigenvalue weighted by Gasteiger charge is -2.21. The molecule has 2 unspecified atom stereocenters. The van der Waals surface area contributed by atoms with Gasteiger partial charge in [0, 0.05) is 25.7 Å². The topological polar surface area (TPSA) is 237 Å².